The van der Waals surface area contributed by atoms with Gasteiger partial charge in [-0.1, -0.05) is 33.8 Å². The Kier molecular flexibility index (Phi) is 7.49. The SMILES string of the molecule is CC.CC.CC1CCc2ccc(C(F)(F)F)nc2O1. The second-order valence-corrected chi connectivity index (χ2v) is 3.63. The maximum Gasteiger partial charge on any atom is 0.433 e. The van der Waals surface area contributed by atoms with Gasteiger partial charge >= 0.3 is 6.18 Å². The molecule has 0 aliphatic carbocycles. The van der Waals surface area contributed by atoms with Gasteiger partial charge in [0.05, 0.1) is 6.10 Å². The van der Waals surface area contributed by atoms with Crippen molar-refractivity contribution in [3.8, 4) is 5.88 Å². The summed E-state index contributed by atoms with van der Waals surface area (Å²) in [5.74, 6) is 0.128. The molecule has 19 heavy (non-hydrogen) atoms. The highest BCUT2D eigenvalue weighted by molar-refractivity contribution is 5.31. The number of aryl methyl sites for hydroxylation is 1. The molecule has 2 heterocycles. The van der Waals surface area contributed by atoms with E-state index in [1.807, 2.05) is 34.6 Å². The Morgan fingerprint density at radius 1 is 1.16 bits per heavy atom. The minimum atomic E-state index is -4.40. The molecule has 1 atom stereocenters. The molecule has 1 aliphatic rings. The summed E-state index contributed by atoms with van der Waals surface area (Å²) in [6, 6.07) is 2.44. The summed E-state index contributed by atoms with van der Waals surface area (Å²) in [4.78, 5) is 3.49. The maximum atomic E-state index is 12.3. The van der Waals surface area contributed by atoms with Crippen molar-refractivity contribution in [2.75, 3.05) is 0 Å². The van der Waals surface area contributed by atoms with Crippen molar-refractivity contribution in [1.29, 1.82) is 0 Å². The van der Waals surface area contributed by atoms with Crippen molar-refractivity contribution in [1.82, 2.24) is 4.98 Å². The van der Waals surface area contributed by atoms with Gasteiger partial charge in [0.25, 0.3) is 0 Å². The third kappa shape index (κ3) is 5.09. The fourth-order valence-corrected chi connectivity index (χ4v) is 1.53. The predicted octanol–water partition coefficient (Wildman–Crippen LogP) is 4.87. The minimum Gasteiger partial charge on any atom is -0.474 e. The van der Waals surface area contributed by atoms with E-state index in [0.29, 0.717) is 0 Å². The van der Waals surface area contributed by atoms with Crippen LogP contribution in [0.5, 0.6) is 5.88 Å². The highest BCUT2D eigenvalue weighted by atomic mass is 19.4. The summed E-state index contributed by atoms with van der Waals surface area (Å²) in [6.45, 7) is 9.82. The van der Waals surface area contributed by atoms with Crippen LogP contribution in [0.25, 0.3) is 0 Å². The van der Waals surface area contributed by atoms with Crippen LogP contribution in [-0.2, 0) is 12.6 Å². The third-order valence-electron chi connectivity index (χ3n) is 2.36. The van der Waals surface area contributed by atoms with E-state index in [-0.39, 0.29) is 12.0 Å². The molecule has 2 rings (SSSR count). The number of halogens is 3. The second-order valence-electron chi connectivity index (χ2n) is 3.63. The zero-order valence-corrected chi connectivity index (χ0v) is 12.1. The van der Waals surface area contributed by atoms with E-state index in [2.05, 4.69) is 4.98 Å². The van der Waals surface area contributed by atoms with E-state index in [9.17, 15) is 13.2 Å². The summed E-state index contributed by atoms with van der Waals surface area (Å²) < 4.78 is 42.3. The molecule has 0 spiro atoms. The molecule has 0 radical (unpaired) electrons. The van der Waals surface area contributed by atoms with Crippen molar-refractivity contribution in [3.05, 3.63) is 23.4 Å². The molecule has 2 nitrogen and oxygen atoms in total. The van der Waals surface area contributed by atoms with Crippen molar-refractivity contribution in [3.63, 3.8) is 0 Å². The van der Waals surface area contributed by atoms with Gasteiger partial charge in [0.1, 0.15) is 5.69 Å². The molecule has 110 valence electrons. The summed E-state index contributed by atoms with van der Waals surface area (Å²) >= 11 is 0. The van der Waals surface area contributed by atoms with Crippen LogP contribution in [0.3, 0.4) is 0 Å². The van der Waals surface area contributed by atoms with Gasteiger partial charge < -0.3 is 4.74 Å². The number of ether oxygens (including phenoxy) is 1. The molecule has 1 aliphatic heterocycles. The lowest BCUT2D eigenvalue weighted by molar-refractivity contribution is -0.141. The molecule has 1 unspecified atom stereocenters. The molecule has 0 aromatic carbocycles. The molecule has 0 saturated heterocycles. The number of hydrogen-bond acceptors (Lipinski definition) is 2. The first-order valence-electron chi connectivity index (χ1n) is 6.70. The Bertz CT molecular complexity index is 377. The fourth-order valence-electron chi connectivity index (χ4n) is 1.53. The van der Waals surface area contributed by atoms with E-state index < -0.39 is 11.9 Å². The first kappa shape index (κ1) is 17.7. The molecular formula is C14H22F3NO. The van der Waals surface area contributed by atoms with E-state index in [0.717, 1.165) is 24.5 Å². The van der Waals surface area contributed by atoms with Crippen molar-refractivity contribution in [2.24, 2.45) is 0 Å². The molecule has 1 aromatic rings. The average Bonchev–Trinajstić information content (AvgIpc) is 2.41. The summed E-state index contributed by atoms with van der Waals surface area (Å²) in [7, 11) is 0. The molecule has 0 saturated carbocycles. The lowest BCUT2D eigenvalue weighted by atomic mass is 10.1. The van der Waals surface area contributed by atoms with Crippen LogP contribution < -0.4 is 4.74 Å². The van der Waals surface area contributed by atoms with Crippen LogP contribution in [0, 0.1) is 0 Å². The summed E-state index contributed by atoms with van der Waals surface area (Å²) in [6.07, 6.45) is -2.92. The van der Waals surface area contributed by atoms with Gasteiger partial charge in [-0.15, -0.1) is 0 Å². The van der Waals surface area contributed by atoms with E-state index in [1.54, 1.807) is 0 Å². The topological polar surface area (TPSA) is 22.1 Å². The number of rotatable bonds is 0. The summed E-state index contributed by atoms with van der Waals surface area (Å²) in [5.41, 5.74) is -0.142. The number of pyridine rings is 1. The second kappa shape index (κ2) is 8.02. The smallest absolute Gasteiger partial charge is 0.433 e. The van der Waals surface area contributed by atoms with Crippen molar-refractivity contribution < 1.29 is 17.9 Å². The zero-order valence-electron chi connectivity index (χ0n) is 12.1. The van der Waals surface area contributed by atoms with Gasteiger partial charge in [-0.05, 0) is 25.8 Å². The van der Waals surface area contributed by atoms with E-state index in [1.165, 1.54) is 6.07 Å². The van der Waals surface area contributed by atoms with E-state index in [4.69, 9.17) is 4.74 Å². The van der Waals surface area contributed by atoms with Gasteiger partial charge in [-0.2, -0.15) is 13.2 Å². The van der Waals surface area contributed by atoms with E-state index >= 15 is 0 Å². The van der Waals surface area contributed by atoms with Crippen LogP contribution in [0.4, 0.5) is 13.2 Å². The van der Waals surface area contributed by atoms with Crippen LogP contribution in [0.1, 0.15) is 52.3 Å². The van der Waals surface area contributed by atoms with Gasteiger partial charge in [-0.25, -0.2) is 4.98 Å². The van der Waals surface area contributed by atoms with Crippen molar-refractivity contribution in [2.45, 2.75) is 59.7 Å². The molecular weight excluding hydrogens is 255 g/mol. The number of hydrogen-bond donors (Lipinski definition) is 0. The minimum absolute atomic E-state index is 0.0616. The van der Waals surface area contributed by atoms with Crippen LogP contribution in [-0.4, -0.2) is 11.1 Å². The molecule has 1 aromatic heterocycles. The van der Waals surface area contributed by atoms with Crippen molar-refractivity contribution >= 4 is 0 Å². The highest BCUT2D eigenvalue weighted by Crippen LogP contribution is 2.32. The van der Waals surface area contributed by atoms with Crippen LogP contribution >= 0.6 is 0 Å². The average molecular weight is 277 g/mol. The lowest BCUT2D eigenvalue weighted by Crippen LogP contribution is -2.21. The first-order valence-corrected chi connectivity index (χ1v) is 6.70. The Morgan fingerprint density at radius 3 is 2.26 bits per heavy atom. The predicted molar refractivity (Wildman–Crippen MR) is 70.3 cm³/mol. The number of fused-ring (bicyclic) bond motifs is 1. The Balaban J connectivity index is 0.000000741. The molecule has 0 bridgehead atoms. The zero-order chi connectivity index (χ0) is 15.1. The number of nitrogens with zero attached hydrogens (tertiary/aromatic N) is 1. The van der Waals surface area contributed by atoms with Gasteiger partial charge in [-0.3, -0.25) is 0 Å². The first-order chi connectivity index (χ1) is 8.97. The largest absolute Gasteiger partial charge is 0.474 e. The standard InChI is InChI=1S/C10H10F3NO.2C2H6/c1-6-2-3-7-4-5-8(10(11,12)13)14-9(7)15-6;2*1-2/h4-6H,2-3H2,1H3;2*1-2H3. The number of aromatic nitrogens is 1. The molecule has 5 heteroatoms. The molecule has 0 fully saturated rings. The maximum absolute atomic E-state index is 12.3. The van der Waals surface area contributed by atoms with Gasteiger partial charge in [0, 0.05) is 5.56 Å². The van der Waals surface area contributed by atoms with Crippen LogP contribution in [0.15, 0.2) is 12.1 Å². The highest BCUT2D eigenvalue weighted by Gasteiger charge is 2.33. The molecule has 0 N–H and O–H groups in total. The lowest BCUT2D eigenvalue weighted by Gasteiger charge is -2.22. The third-order valence-corrected chi connectivity index (χ3v) is 2.36. The summed E-state index contributed by atoms with van der Waals surface area (Å²) in [5, 5.41) is 0. The Labute approximate surface area is 113 Å². The van der Waals surface area contributed by atoms with Gasteiger partial charge in [0.2, 0.25) is 5.88 Å². The Morgan fingerprint density at radius 2 is 1.74 bits per heavy atom. The van der Waals surface area contributed by atoms with Gasteiger partial charge in [0.15, 0.2) is 0 Å². The normalized spacial score (nSPS) is 16.9. The quantitative estimate of drug-likeness (QED) is 0.675. The fraction of sp³-hybridized carbons (Fsp3) is 0.643. The molecule has 0 amide bonds. The number of alkyl halides is 3. The monoisotopic (exact) mass is 277 g/mol. The Hall–Kier alpha value is -1.26. The van der Waals surface area contributed by atoms with Crippen LogP contribution in [0.2, 0.25) is 0 Å².